The minimum Gasteiger partial charge on any atom is -0.376 e. The Bertz CT molecular complexity index is 953. The Morgan fingerprint density at radius 3 is 2.70 bits per heavy atom. The van der Waals surface area contributed by atoms with Crippen LogP contribution in [0.2, 0.25) is 0 Å². The molecule has 7 heteroatoms. The van der Waals surface area contributed by atoms with Crippen molar-refractivity contribution in [1.82, 2.24) is 5.32 Å². The molecule has 7 nitrogen and oxygen atoms in total. The van der Waals surface area contributed by atoms with Gasteiger partial charge in [0.1, 0.15) is 0 Å². The summed E-state index contributed by atoms with van der Waals surface area (Å²) in [6.07, 6.45) is 3.35. The number of para-hydroxylation sites is 1. The van der Waals surface area contributed by atoms with Crippen LogP contribution in [0.25, 0.3) is 0 Å². The SMILES string of the molecule is O=C(Nc1ccccc1C(=O)NCC1CCCO1)c1cccc(N2CCCC2=O)c1. The maximum atomic E-state index is 12.8. The van der Waals surface area contributed by atoms with Crippen molar-refractivity contribution >= 4 is 29.1 Å². The molecular weight excluding hydrogens is 382 g/mol. The van der Waals surface area contributed by atoms with Crippen molar-refractivity contribution in [3.05, 3.63) is 59.7 Å². The quantitative estimate of drug-likeness (QED) is 0.771. The summed E-state index contributed by atoms with van der Waals surface area (Å²) in [4.78, 5) is 39.2. The van der Waals surface area contributed by atoms with Crippen molar-refractivity contribution in [2.24, 2.45) is 0 Å². The fourth-order valence-electron chi connectivity index (χ4n) is 3.83. The van der Waals surface area contributed by atoms with Crippen molar-refractivity contribution in [2.45, 2.75) is 31.8 Å². The number of benzene rings is 2. The van der Waals surface area contributed by atoms with Crippen LogP contribution in [0.5, 0.6) is 0 Å². The summed E-state index contributed by atoms with van der Waals surface area (Å²) in [7, 11) is 0. The van der Waals surface area contributed by atoms with Crippen LogP contribution in [0.3, 0.4) is 0 Å². The summed E-state index contributed by atoms with van der Waals surface area (Å²) in [6.45, 7) is 1.85. The summed E-state index contributed by atoms with van der Waals surface area (Å²) < 4.78 is 5.54. The van der Waals surface area contributed by atoms with Gasteiger partial charge >= 0.3 is 0 Å². The van der Waals surface area contributed by atoms with Crippen LogP contribution in [0.15, 0.2) is 48.5 Å². The van der Waals surface area contributed by atoms with Gasteiger partial charge in [0.15, 0.2) is 0 Å². The fourth-order valence-corrected chi connectivity index (χ4v) is 3.83. The van der Waals surface area contributed by atoms with Gasteiger partial charge in [-0.15, -0.1) is 0 Å². The fraction of sp³-hybridized carbons (Fsp3) is 0.348. The van der Waals surface area contributed by atoms with Crippen LogP contribution in [-0.2, 0) is 9.53 Å². The van der Waals surface area contributed by atoms with Crippen LogP contribution in [0.4, 0.5) is 11.4 Å². The van der Waals surface area contributed by atoms with E-state index in [1.165, 1.54) is 0 Å². The Labute approximate surface area is 175 Å². The number of carbonyl (C=O) groups excluding carboxylic acids is 3. The third kappa shape index (κ3) is 4.52. The van der Waals surface area contributed by atoms with E-state index in [-0.39, 0.29) is 23.8 Å². The summed E-state index contributed by atoms with van der Waals surface area (Å²) in [5, 5.41) is 5.72. The van der Waals surface area contributed by atoms with Crippen LogP contribution >= 0.6 is 0 Å². The van der Waals surface area contributed by atoms with Crippen LogP contribution in [-0.4, -0.2) is 43.5 Å². The lowest BCUT2D eigenvalue weighted by Crippen LogP contribution is -2.32. The molecule has 2 aromatic carbocycles. The molecule has 2 heterocycles. The average Bonchev–Trinajstić information content (AvgIpc) is 3.44. The molecule has 0 saturated carbocycles. The van der Waals surface area contributed by atoms with Crippen LogP contribution in [0, 0.1) is 0 Å². The second-order valence-corrected chi connectivity index (χ2v) is 7.54. The predicted molar refractivity (Wildman–Crippen MR) is 114 cm³/mol. The zero-order valence-corrected chi connectivity index (χ0v) is 16.7. The number of nitrogens with one attached hydrogen (secondary N) is 2. The van der Waals surface area contributed by atoms with E-state index in [0.717, 1.165) is 25.9 Å². The molecule has 2 aliphatic heterocycles. The number of ether oxygens (including phenoxy) is 1. The minimum atomic E-state index is -0.331. The van der Waals surface area contributed by atoms with Gasteiger partial charge in [-0.3, -0.25) is 14.4 Å². The molecule has 0 radical (unpaired) electrons. The van der Waals surface area contributed by atoms with Crippen LogP contribution in [0.1, 0.15) is 46.4 Å². The van der Waals surface area contributed by atoms with E-state index in [0.29, 0.717) is 42.0 Å². The third-order valence-electron chi connectivity index (χ3n) is 5.43. The van der Waals surface area contributed by atoms with E-state index in [9.17, 15) is 14.4 Å². The summed E-state index contributed by atoms with van der Waals surface area (Å²) >= 11 is 0. The van der Waals surface area contributed by atoms with E-state index >= 15 is 0 Å². The van der Waals surface area contributed by atoms with Gasteiger partial charge in [0.05, 0.1) is 17.4 Å². The third-order valence-corrected chi connectivity index (χ3v) is 5.43. The molecule has 1 atom stereocenters. The first-order valence-electron chi connectivity index (χ1n) is 10.3. The van der Waals surface area contributed by atoms with Crippen molar-refractivity contribution in [3.63, 3.8) is 0 Å². The number of anilines is 2. The summed E-state index contributed by atoms with van der Waals surface area (Å²) in [5.74, 6) is -0.512. The largest absolute Gasteiger partial charge is 0.376 e. The predicted octanol–water partition coefficient (Wildman–Crippen LogP) is 2.97. The Morgan fingerprint density at radius 1 is 1.07 bits per heavy atom. The summed E-state index contributed by atoms with van der Waals surface area (Å²) in [6, 6.07) is 13.9. The van der Waals surface area contributed by atoms with Crippen molar-refractivity contribution in [3.8, 4) is 0 Å². The zero-order valence-electron chi connectivity index (χ0n) is 16.7. The first kappa shape index (κ1) is 20.1. The Hall–Kier alpha value is -3.19. The molecule has 2 aromatic rings. The van der Waals surface area contributed by atoms with E-state index in [4.69, 9.17) is 4.74 Å². The van der Waals surface area contributed by atoms with Gasteiger partial charge in [-0.1, -0.05) is 18.2 Å². The highest BCUT2D eigenvalue weighted by atomic mass is 16.5. The molecule has 0 aliphatic carbocycles. The van der Waals surface area contributed by atoms with Gasteiger partial charge in [0.2, 0.25) is 5.91 Å². The number of nitrogens with zero attached hydrogens (tertiary/aromatic N) is 1. The van der Waals surface area contributed by atoms with Gasteiger partial charge in [-0.05, 0) is 49.6 Å². The Balaban J connectivity index is 1.46. The van der Waals surface area contributed by atoms with Crippen molar-refractivity contribution < 1.29 is 19.1 Å². The molecule has 0 spiro atoms. The average molecular weight is 407 g/mol. The van der Waals surface area contributed by atoms with Gasteiger partial charge in [0, 0.05) is 37.4 Å². The number of hydrogen-bond acceptors (Lipinski definition) is 4. The van der Waals surface area contributed by atoms with E-state index in [2.05, 4.69) is 10.6 Å². The first-order chi connectivity index (χ1) is 14.6. The van der Waals surface area contributed by atoms with Crippen molar-refractivity contribution in [2.75, 3.05) is 29.9 Å². The molecule has 4 rings (SSSR count). The topological polar surface area (TPSA) is 87.7 Å². The second-order valence-electron chi connectivity index (χ2n) is 7.54. The number of hydrogen-bond donors (Lipinski definition) is 2. The molecular formula is C23H25N3O4. The molecule has 3 amide bonds. The molecule has 2 saturated heterocycles. The molecule has 2 aliphatic rings. The lowest BCUT2D eigenvalue weighted by Gasteiger charge is -2.17. The van der Waals surface area contributed by atoms with Gasteiger partial charge < -0.3 is 20.3 Å². The molecule has 0 bridgehead atoms. The number of amides is 3. The van der Waals surface area contributed by atoms with Gasteiger partial charge in [0.25, 0.3) is 11.8 Å². The standard InChI is InChI=1S/C23H25N3O4/c27-21-11-4-12-26(21)17-7-3-6-16(14-17)22(28)25-20-10-2-1-9-19(20)23(29)24-15-18-8-5-13-30-18/h1-3,6-7,9-10,14,18H,4-5,8,11-13,15H2,(H,24,29)(H,25,28). The minimum absolute atomic E-state index is 0.0479. The Morgan fingerprint density at radius 2 is 1.93 bits per heavy atom. The smallest absolute Gasteiger partial charge is 0.255 e. The monoisotopic (exact) mass is 407 g/mol. The molecule has 30 heavy (non-hydrogen) atoms. The highest BCUT2D eigenvalue weighted by Gasteiger charge is 2.23. The van der Waals surface area contributed by atoms with E-state index in [1.54, 1.807) is 47.4 Å². The summed E-state index contributed by atoms with van der Waals surface area (Å²) in [5.41, 5.74) is 1.99. The van der Waals surface area contributed by atoms with Gasteiger partial charge in [-0.25, -0.2) is 0 Å². The lowest BCUT2D eigenvalue weighted by atomic mass is 10.1. The normalized spacial score (nSPS) is 18.5. The molecule has 2 N–H and O–H groups in total. The number of carbonyl (C=O) groups is 3. The van der Waals surface area contributed by atoms with E-state index in [1.807, 2.05) is 6.07 Å². The van der Waals surface area contributed by atoms with Gasteiger partial charge in [-0.2, -0.15) is 0 Å². The highest BCUT2D eigenvalue weighted by molar-refractivity contribution is 6.09. The number of rotatable bonds is 6. The first-order valence-corrected chi connectivity index (χ1v) is 10.3. The molecule has 0 aromatic heterocycles. The molecule has 156 valence electrons. The van der Waals surface area contributed by atoms with Crippen molar-refractivity contribution in [1.29, 1.82) is 0 Å². The lowest BCUT2D eigenvalue weighted by molar-refractivity contribution is -0.117. The maximum absolute atomic E-state index is 12.8. The van der Waals surface area contributed by atoms with Crippen LogP contribution < -0.4 is 15.5 Å². The molecule has 1 unspecified atom stereocenters. The van der Waals surface area contributed by atoms with E-state index < -0.39 is 0 Å². The Kier molecular flexibility index (Phi) is 6.09. The second kappa shape index (κ2) is 9.09. The molecule has 2 fully saturated rings. The highest BCUT2D eigenvalue weighted by Crippen LogP contribution is 2.23. The zero-order chi connectivity index (χ0) is 20.9. The maximum Gasteiger partial charge on any atom is 0.255 e.